The van der Waals surface area contributed by atoms with Crippen molar-refractivity contribution in [2.75, 3.05) is 0 Å². The van der Waals surface area contributed by atoms with Gasteiger partial charge in [-0.15, -0.1) is 0 Å². The van der Waals surface area contributed by atoms with Crippen LogP contribution < -0.4 is 11.1 Å². The molecule has 0 bridgehead atoms. The van der Waals surface area contributed by atoms with Crippen molar-refractivity contribution in [2.24, 2.45) is 10.9 Å². The van der Waals surface area contributed by atoms with Gasteiger partial charge in [-0.05, 0) is 43.0 Å². The first-order valence-corrected chi connectivity index (χ1v) is 6.35. The highest BCUT2D eigenvalue weighted by atomic mass is 19.1. The topological polar surface area (TPSA) is 70.6 Å². The molecule has 1 unspecified atom stereocenters. The van der Waals surface area contributed by atoms with E-state index in [1.165, 1.54) is 12.1 Å². The minimum absolute atomic E-state index is 0.0821. The smallest absolute Gasteiger partial charge is 0.170 e. The first-order chi connectivity index (χ1) is 9.19. The maximum atomic E-state index is 13.5. The molecule has 1 atom stereocenters. The van der Waals surface area contributed by atoms with Gasteiger partial charge in [0.25, 0.3) is 0 Å². The van der Waals surface area contributed by atoms with Crippen LogP contribution in [-0.2, 0) is 6.54 Å². The molecule has 0 aromatic heterocycles. The van der Waals surface area contributed by atoms with Gasteiger partial charge in [0.15, 0.2) is 5.84 Å². The quantitative estimate of drug-likeness (QED) is 0.256. The number of hydrogen-bond acceptors (Lipinski definition) is 3. The van der Waals surface area contributed by atoms with Crippen molar-refractivity contribution in [1.29, 1.82) is 0 Å². The highest BCUT2D eigenvalue weighted by Gasteiger charge is 2.10. The second kappa shape index (κ2) is 6.33. The summed E-state index contributed by atoms with van der Waals surface area (Å²) in [5, 5.41) is 14.9. The molecule has 1 aromatic carbocycles. The summed E-state index contributed by atoms with van der Waals surface area (Å²) in [6.07, 6.45) is 7.52. The summed E-state index contributed by atoms with van der Waals surface area (Å²) >= 11 is 0. The number of oxime groups is 1. The van der Waals surface area contributed by atoms with E-state index in [-0.39, 0.29) is 11.7 Å². The lowest BCUT2D eigenvalue weighted by atomic mass is 10.0. The maximum Gasteiger partial charge on any atom is 0.170 e. The van der Waals surface area contributed by atoms with Gasteiger partial charge >= 0.3 is 0 Å². The van der Waals surface area contributed by atoms with E-state index >= 15 is 0 Å². The second-order valence-electron chi connectivity index (χ2n) is 4.70. The number of nitrogens with one attached hydrogen (secondary N) is 1. The third-order valence-corrected chi connectivity index (χ3v) is 3.22. The zero-order valence-electron chi connectivity index (χ0n) is 10.6. The standard InChI is InChI=1S/C14H18FN3O/c15-12-7-10(6-11(8-12)14(16)18-19)9-17-13-4-2-1-3-5-13/h1-2,6-8,13,17,19H,3-5,9H2,(H2,16,18). The predicted octanol–water partition coefficient (Wildman–Crippen LogP) is 2.12. The van der Waals surface area contributed by atoms with Gasteiger partial charge in [-0.25, -0.2) is 4.39 Å². The monoisotopic (exact) mass is 263 g/mol. The van der Waals surface area contributed by atoms with Crippen molar-refractivity contribution >= 4 is 5.84 Å². The van der Waals surface area contributed by atoms with Crippen LogP contribution >= 0.6 is 0 Å². The van der Waals surface area contributed by atoms with Crippen LogP contribution in [0.15, 0.2) is 35.5 Å². The number of halogens is 1. The zero-order valence-corrected chi connectivity index (χ0v) is 10.6. The third kappa shape index (κ3) is 3.79. The second-order valence-corrected chi connectivity index (χ2v) is 4.70. The van der Waals surface area contributed by atoms with Crippen molar-refractivity contribution in [3.63, 3.8) is 0 Å². The summed E-state index contributed by atoms with van der Waals surface area (Å²) in [5.41, 5.74) is 6.65. The predicted molar refractivity (Wildman–Crippen MR) is 72.5 cm³/mol. The molecule has 5 heteroatoms. The highest BCUT2D eigenvalue weighted by Crippen LogP contribution is 2.13. The molecular weight excluding hydrogens is 245 g/mol. The normalized spacial score (nSPS) is 19.6. The Balaban J connectivity index is 2.03. The van der Waals surface area contributed by atoms with Crippen LogP contribution in [0.25, 0.3) is 0 Å². The molecule has 0 saturated carbocycles. The lowest BCUT2D eigenvalue weighted by Crippen LogP contribution is -2.29. The lowest BCUT2D eigenvalue weighted by molar-refractivity contribution is 0.318. The van der Waals surface area contributed by atoms with Gasteiger partial charge in [-0.3, -0.25) is 0 Å². The number of benzene rings is 1. The van der Waals surface area contributed by atoms with Crippen molar-refractivity contribution in [3.8, 4) is 0 Å². The molecule has 0 radical (unpaired) electrons. The van der Waals surface area contributed by atoms with Crippen LogP contribution in [0.1, 0.15) is 30.4 Å². The van der Waals surface area contributed by atoms with Gasteiger partial charge in [0.05, 0.1) is 0 Å². The van der Waals surface area contributed by atoms with Gasteiger partial charge in [-0.1, -0.05) is 17.3 Å². The third-order valence-electron chi connectivity index (χ3n) is 3.22. The summed E-state index contributed by atoms with van der Waals surface area (Å²) in [6.45, 7) is 0.571. The molecule has 0 fully saturated rings. The summed E-state index contributed by atoms with van der Waals surface area (Å²) in [6, 6.07) is 4.87. The fraction of sp³-hybridized carbons (Fsp3) is 0.357. The molecule has 1 aliphatic rings. The first-order valence-electron chi connectivity index (χ1n) is 6.35. The van der Waals surface area contributed by atoms with Crippen molar-refractivity contribution in [3.05, 3.63) is 47.3 Å². The van der Waals surface area contributed by atoms with Crippen LogP contribution in [0.5, 0.6) is 0 Å². The Bertz CT molecular complexity index is 499. The van der Waals surface area contributed by atoms with Gasteiger partial charge in [0.2, 0.25) is 0 Å². The van der Waals surface area contributed by atoms with Gasteiger partial charge in [0, 0.05) is 18.2 Å². The van der Waals surface area contributed by atoms with E-state index < -0.39 is 0 Å². The molecule has 0 amide bonds. The number of nitrogens with two attached hydrogens (primary N) is 1. The molecule has 2 rings (SSSR count). The van der Waals surface area contributed by atoms with E-state index in [9.17, 15) is 4.39 Å². The molecule has 1 aliphatic carbocycles. The summed E-state index contributed by atoms with van der Waals surface area (Å²) in [5.74, 6) is -0.467. The largest absolute Gasteiger partial charge is 0.409 e. The van der Waals surface area contributed by atoms with Crippen LogP contribution in [-0.4, -0.2) is 17.1 Å². The molecule has 1 aromatic rings. The summed E-state index contributed by atoms with van der Waals surface area (Å²) in [7, 11) is 0. The fourth-order valence-electron chi connectivity index (χ4n) is 2.20. The molecule has 0 spiro atoms. The van der Waals surface area contributed by atoms with E-state index in [0.717, 1.165) is 24.8 Å². The number of allylic oxidation sites excluding steroid dienone is 1. The van der Waals surface area contributed by atoms with Gasteiger partial charge in [-0.2, -0.15) is 0 Å². The van der Waals surface area contributed by atoms with E-state index in [1.807, 2.05) is 0 Å². The molecule has 0 saturated heterocycles. The van der Waals surface area contributed by atoms with E-state index in [4.69, 9.17) is 10.9 Å². The first kappa shape index (κ1) is 13.5. The Hall–Kier alpha value is -1.88. The Kier molecular flexibility index (Phi) is 4.52. The molecule has 4 N–H and O–H groups in total. The Labute approximate surface area is 111 Å². The van der Waals surface area contributed by atoms with Crippen molar-refractivity contribution < 1.29 is 9.60 Å². The summed E-state index contributed by atoms with van der Waals surface area (Å²) < 4.78 is 13.5. The minimum atomic E-state index is -0.385. The maximum absolute atomic E-state index is 13.5. The van der Waals surface area contributed by atoms with Crippen molar-refractivity contribution in [1.82, 2.24) is 5.32 Å². The SMILES string of the molecule is N/C(=N/O)c1cc(F)cc(CNC2CC=CCC2)c1. The van der Waals surface area contributed by atoms with Crippen LogP contribution in [0, 0.1) is 5.82 Å². The average Bonchev–Trinajstić information content (AvgIpc) is 2.45. The highest BCUT2D eigenvalue weighted by molar-refractivity contribution is 5.97. The molecule has 102 valence electrons. The Morgan fingerprint density at radius 1 is 1.42 bits per heavy atom. The average molecular weight is 263 g/mol. The molecule has 0 aliphatic heterocycles. The van der Waals surface area contributed by atoms with E-state index in [2.05, 4.69) is 22.6 Å². The van der Waals surface area contributed by atoms with E-state index in [0.29, 0.717) is 18.2 Å². The van der Waals surface area contributed by atoms with Gasteiger partial charge in [0.1, 0.15) is 5.82 Å². The molecule has 0 heterocycles. The van der Waals surface area contributed by atoms with Crippen LogP contribution in [0.3, 0.4) is 0 Å². The zero-order chi connectivity index (χ0) is 13.7. The van der Waals surface area contributed by atoms with Gasteiger partial charge < -0.3 is 16.3 Å². The van der Waals surface area contributed by atoms with E-state index in [1.54, 1.807) is 6.07 Å². The molecular formula is C14H18FN3O. The Morgan fingerprint density at radius 3 is 2.95 bits per heavy atom. The van der Waals surface area contributed by atoms with Crippen molar-refractivity contribution in [2.45, 2.75) is 31.8 Å². The molecule has 19 heavy (non-hydrogen) atoms. The van der Waals surface area contributed by atoms with Crippen LogP contribution in [0.2, 0.25) is 0 Å². The number of nitrogens with zero attached hydrogens (tertiary/aromatic N) is 1. The summed E-state index contributed by atoms with van der Waals surface area (Å²) in [4.78, 5) is 0. The van der Waals surface area contributed by atoms with Crippen LogP contribution in [0.4, 0.5) is 4.39 Å². The lowest BCUT2D eigenvalue weighted by Gasteiger charge is -2.19. The molecule has 4 nitrogen and oxygen atoms in total. The fourth-order valence-corrected chi connectivity index (χ4v) is 2.20. The number of amidine groups is 1. The number of hydrogen-bond donors (Lipinski definition) is 3. The Morgan fingerprint density at radius 2 is 2.26 bits per heavy atom. The minimum Gasteiger partial charge on any atom is -0.409 e. The number of rotatable bonds is 4.